The molecule has 2 N–H and O–H groups in total. The molecule has 1 heterocycles. The fourth-order valence-corrected chi connectivity index (χ4v) is 8.07. The average Bonchev–Trinajstić information content (AvgIpc) is 3.63. The Morgan fingerprint density at radius 1 is 0.519 bits per heavy atom. The number of aliphatic imine (C=N–C) groups is 1. The zero-order valence-electron chi connectivity index (χ0n) is 30.5. The molecule has 3 heteroatoms. The van der Waals surface area contributed by atoms with Crippen molar-refractivity contribution in [3.8, 4) is 11.1 Å². The molecule has 1 unspecified atom stereocenters. The summed E-state index contributed by atoms with van der Waals surface area (Å²) in [5.74, 6) is 0.515. The number of hydrogen-bond acceptors (Lipinski definition) is 2. The van der Waals surface area contributed by atoms with Gasteiger partial charge in [0.2, 0.25) is 0 Å². The minimum absolute atomic E-state index is 0.158. The first-order chi connectivity index (χ1) is 26.6. The number of rotatable bonds is 5. The molecule has 0 aliphatic rings. The summed E-state index contributed by atoms with van der Waals surface area (Å²) in [5, 5.41) is 12.3. The van der Waals surface area contributed by atoms with Crippen LogP contribution in [-0.2, 0) is 6.42 Å². The van der Waals surface area contributed by atoms with Gasteiger partial charge in [0.25, 0.3) is 0 Å². The number of furan rings is 1. The summed E-state index contributed by atoms with van der Waals surface area (Å²) < 4.78 is 6.13. The highest BCUT2D eigenvalue weighted by Crippen LogP contribution is 2.43. The lowest BCUT2D eigenvalue weighted by Crippen LogP contribution is -2.14. The van der Waals surface area contributed by atoms with Crippen LogP contribution in [0.15, 0.2) is 185 Å². The van der Waals surface area contributed by atoms with Gasteiger partial charge in [-0.05, 0) is 103 Å². The van der Waals surface area contributed by atoms with Gasteiger partial charge in [-0.1, -0.05) is 159 Å². The summed E-state index contributed by atoms with van der Waals surface area (Å²) in [6.07, 6.45) is 1.14. The fraction of sp³-hybridized carbons (Fsp3) is 0.0784. The number of nitrogens with zero attached hydrogens (tertiary/aromatic N) is 1. The smallest absolute Gasteiger partial charge is 0.135 e. The average molecular weight is 697 g/mol. The molecule has 260 valence electrons. The largest absolute Gasteiger partial charge is 0.456 e. The van der Waals surface area contributed by atoms with Gasteiger partial charge in [-0.25, -0.2) is 0 Å². The maximum atomic E-state index is 6.78. The number of nitrogens with two attached hydrogens (primary N) is 1. The molecular formula is C51H40N2O. The van der Waals surface area contributed by atoms with E-state index in [4.69, 9.17) is 15.1 Å². The summed E-state index contributed by atoms with van der Waals surface area (Å²) in [6.45, 7) is 4.26. The van der Waals surface area contributed by atoms with Crippen LogP contribution in [0.1, 0.15) is 36.6 Å². The van der Waals surface area contributed by atoms with Crippen LogP contribution in [0.5, 0.6) is 0 Å². The van der Waals surface area contributed by atoms with E-state index in [-0.39, 0.29) is 6.04 Å². The fourth-order valence-electron chi connectivity index (χ4n) is 8.07. The molecule has 54 heavy (non-hydrogen) atoms. The van der Waals surface area contributed by atoms with Crippen molar-refractivity contribution in [1.29, 1.82) is 0 Å². The van der Waals surface area contributed by atoms with E-state index < -0.39 is 0 Å². The Balaban J connectivity index is 0.000000429. The van der Waals surface area contributed by atoms with Crippen LogP contribution in [0.3, 0.4) is 0 Å². The molecule has 0 spiro atoms. The second-order valence-corrected chi connectivity index (χ2v) is 13.9. The monoisotopic (exact) mass is 696 g/mol. The molecule has 0 aliphatic carbocycles. The van der Waals surface area contributed by atoms with Crippen molar-refractivity contribution in [2.24, 2.45) is 10.7 Å². The van der Waals surface area contributed by atoms with Crippen molar-refractivity contribution < 1.29 is 4.42 Å². The van der Waals surface area contributed by atoms with Crippen molar-refractivity contribution in [1.82, 2.24) is 0 Å². The summed E-state index contributed by atoms with van der Waals surface area (Å²) in [5.41, 5.74) is 14.2. The van der Waals surface area contributed by atoms with Crippen LogP contribution < -0.4 is 5.73 Å². The second kappa shape index (κ2) is 14.0. The molecule has 1 aromatic heterocycles. The van der Waals surface area contributed by atoms with E-state index in [0.717, 1.165) is 45.0 Å². The van der Waals surface area contributed by atoms with E-state index in [0.29, 0.717) is 5.84 Å². The minimum Gasteiger partial charge on any atom is -0.456 e. The van der Waals surface area contributed by atoms with Crippen molar-refractivity contribution in [3.05, 3.63) is 193 Å². The Hall–Kier alpha value is -6.71. The number of aryl methyl sites for hydroxylation is 1. The molecular weight excluding hydrogens is 657 g/mol. The standard InChI is InChI=1S/C43H30N2O.C8H10/c1-26(29-21-11-23-40-42(29)36-20-8-9-22-39(36)46-40)45-43(44)28-13-10-12-27(24-28)37-25-38-32-16-3-2-14-30(32)31-15-4-6-18-34(31)41(38)35-19-7-5-17-33(35)37;1-2-8-6-4-3-5-7-8/h2-26H,1H3,(H2,44,45);3-7H,2H2,1H3. The zero-order chi connectivity index (χ0) is 36.6. The molecule has 9 aromatic carbocycles. The van der Waals surface area contributed by atoms with E-state index in [2.05, 4.69) is 153 Å². The van der Waals surface area contributed by atoms with Gasteiger partial charge in [-0.2, -0.15) is 0 Å². The molecule has 0 fully saturated rings. The van der Waals surface area contributed by atoms with E-state index in [1.54, 1.807) is 0 Å². The van der Waals surface area contributed by atoms with Crippen molar-refractivity contribution in [2.45, 2.75) is 26.3 Å². The van der Waals surface area contributed by atoms with Gasteiger partial charge in [-0.3, -0.25) is 4.99 Å². The van der Waals surface area contributed by atoms with E-state index in [9.17, 15) is 0 Å². The Morgan fingerprint density at radius 2 is 1.07 bits per heavy atom. The Kier molecular flexibility index (Phi) is 8.61. The third kappa shape index (κ3) is 5.84. The Morgan fingerprint density at radius 3 is 1.78 bits per heavy atom. The highest BCUT2D eigenvalue weighted by Gasteiger charge is 2.17. The number of amidine groups is 1. The van der Waals surface area contributed by atoms with Crippen molar-refractivity contribution >= 4 is 70.9 Å². The lowest BCUT2D eigenvalue weighted by molar-refractivity contribution is 0.668. The molecule has 1 atom stereocenters. The lowest BCUT2D eigenvalue weighted by atomic mass is 9.87. The minimum atomic E-state index is -0.158. The van der Waals surface area contributed by atoms with Crippen molar-refractivity contribution in [3.63, 3.8) is 0 Å². The van der Waals surface area contributed by atoms with Crippen molar-refractivity contribution in [2.75, 3.05) is 0 Å². The summed E-state index contributed by atoms with van der Waals surface area (Å²) in [7, 11) is 0. The van der Waals surface area contributed by atoms with Crippen LogP contribution in [0.4, 0.5) is 0 Å². The van der Waals surface area contributed by atoms with Gasteiger partial charge >= 0.3 is 0 Å². The summed E-state index contributed by atoms with van der Waals surface area (Å²) >= 11 is 0. The summed E-state index contributed by atoms with van der Waals surface area (Å²) in [6, 6.07) is 61.7. The van der Waals surface area contributed by atoms with Gasteiger partial charge in [0.05, 0.1) is 6.04 Å². The second-order valence-electron chi connectivity index (χ2n) is 13.9. The number of para-hydroxylation sites is 1. The molecule has 0 radical (unpaired) electrons. The highest BCUT2D eigenvalue weighted by atomic mass is 16.3. The quantitative estimate of drug-likeness (QED) is 0.111. The van der Waals surface area contributed by atoms with Gasteiger partial charge < -0.3 is 10.2 Å². The third-order valence-corrected chi connectivity index (χ3v) is 10.7. The Bertz CT molecular complexity index is 3010. The predicted molar refractivity (Wildman–Crippen MR) is 231 cm³/mol. The van der Waals surface area contributed by atoms with Crippen LogP contribution in [0, 0.1) is 0 Å². The predicted octanol–water partition coefficient (Wildman–Crippen LogP) is 13.6. The summed E-state index contributed by atoms with van der Waals surface area (Å²) in [4.78, 5) is 5.03. The molecule has 0 bridgehead atoms. The highest BCUT2D eigenvalue weighted by molar-refractivity contribution is 6.33. The number of benzene rings is 9. The first kappa shape index (κ1) is 33.1. The normalized spacial score (nSPS) is 12.4. The SMILES string of the molecule is CC(N=C(N)c1cccc(-c2cc3c4ccccc4c4ccccc4c3c3ccccc23)c1)c1cccc2oc3ccccc3c12.CCc1ccccc1. The van der Waals surface area contributed by atoms with Gasteiger partial charge in [0.1, 0.15) is 17.0 Å². The number of hydrogen-bond donors (Lipinski definition) is 1. The van der Waals surface area contributed by atoms with E-state index in [1.165, 1.54) is 54.2 Å². The van der Waals surface area contributed by atoms with Crippen LogP contribution in [0.25, 0.3) is 76.2 Å². The van der Waals surface area contributed by atoms with E-state index >= 15 is 0 Å². The van der Waals surface area contributed by atoms with Gasteiger partial charge in [0, 0.05) is 16.3 Å². The molecule has 0 saturated carbocycles. The van der Waals surface area contributed by atoms with Gasteiger partial charge in [0.15, 0.2) is 0 Å². The number of fused-ring (bicyclic) bond motifs is 11. The molecule has 3 nitrogen and oxygen atoms in total. The van der Waals surface area contributed by atoms with Crippen LogP contribution in [0.2, 0.25) is 0 Å². The third-order valence-electron chi connectivity index (χ3n) is 10.7. The topological polar surface area (TPSA) is 51.5 Å². The lowest BCUT2D eigenvalue weighted by Gasteiger charge is -2.16. The first-order valence-electron chi connectivity index (χ1n) is 18.7. The molecule has 0 aliphatic heterocycles. The Labute approximate surface area is 315 Å². The molecule has 0 saturated heterocycles. The molecule has 10 aromatic rings. The first-order valence-corrected chi connectivity index (χ1v) is 18.7. The van der Waals surface area contributed by atoms with Crippen LogP contribution in [-0.4, -0.2) is 5.84 Å². The maximum Gasteiger partial charge on any atom is 0.135 e. The van der Waals surface area contributed by atoms with E-state index in [1.807, 2.05) is 36.4 Å². The van der Waals surface area contributed by atoms with Gasteiger partial charge in [-0.15, -0.1) is 0 Å². The molecule has 0 amide bonds. The van der Waals surface area contributed by atoms with Crippen LogP contribution >= 0.6 is 0 Å². The maximum absolute atomic E-state index is 6.78. The zero-order valence-corrected chi connectivity index (χ0v) is 30.5. The molecule has 10 rings (SSSR count).